The maximum absolute atomic E-state index is 12.5. The van der Waals surface area contributed by atoms with Crippen molar-refractivity contribution in [2.75, 3.05) is 41.9 Å². The second kappa shape index (κ2) is 8.10. The van der Waals surface area contributed by atoms with Gasteiger partial charge in [-0.1, -0.05) is 6.07 Å². The first-order valence-electron chi connectivity index (χ1n) is 8.18. The maximum Gasteiger partial charge on any atom is 0.245 e. The molecule has 0 aliphatic carbocycles. The molecule has 1 N–H and O–H groups in total. The molecule has 2 aromatic carbocycles. The second-order valence-corrected chi connectivity index (χ2v) is 8.66. The number of rotatable bonds is 6. The molecule has 1 aliphatic heterocycles. The van der Waals surface area contributed by atoms with Crippen LogP contribution in [0.25, 0.3) is 0 Å². The van der Waals surface area contributed by atoms with Crippen molar-refractivity contribution >= 4 is 39.1 Å². The van der Waals surface area contributed by atoms with E-state index in [0.717, 1.165) is 15.5 Å². The van der Waals surface area contributed by atoms with Crippen LogP contribution in [0.5, 0.6) is 11.5 Å². The quantitative estimate of drug-likeness (QED) is 0.740. The number of amides is 1. The van der Waals surface area contributed by atoms with Crippen LogP contribution in [0.2, 0.25) is 0 Å². The first-order chi connectivity index (χ1) is 12.9. The molecule has 9 heteroatoms. The van der Waals surface area contributed by atoms with Crippen molar-refractivity contribution in [3.05, 3.63) is 42.5 Å². The number of sulfonamides is 1. The van der Waals surface area contributed by atoms with Gasteiger partial charge in [-0.3, -0.25) is 9.10 Å². The molecule has 0 saturated heterocycles. The summed E-state index contributed by atoms with van der Waals surface area (Å²) in [7, 11) is -3.63. The van der Waals surface area contributed by atoms with Gasteiger partial charge in [-0.2, -0.15) is 0 Å². The number of carbonyl (C=O) groups excluding carboxylic acids is 1. The first kappa shape index (κ1) is 19.4. The Morgan fingerprint density at radius 3 is 2.59 bits per heavy atom. The van der Waals surface area contributed by atoms with Gasteiger partial charge in [-0.25, -0.2) is 8.42 Å². The second-order valence-electron chi connectivity index (χ2n) is 5.88. The Morgan fingerprint density at radius 1 is 1.15 bits per heavy atom. The fraction of sp³-hybridized carbons (Fsp3) is 0.278. The SMILES string of the molecule is CSc1cccc(N(CC(=O)Nc2ccc3c(c2)OCCO3)S(C)(=O)=O)c1. The predicted octanol–water partition coefficient (Wildman–Crippen LogP) is 2.58. The number of thioether (sulfide) groups is 1. The molecule has 27 heavy (non-hydrogen) atoms. The van der Waals surface area contributed by atoms with E-state index in [2.05, 4.69) is 5.32 Å². The molecule has 1 heterocycles. The highest BCUT2D eigenvalue weighted by molar-refractivity contribution is 7.98. The van der Waals surface area contributed by atoms with Crippen LogP contribution in [0.3, 0.4) is 0 Å². The standard InChI is InChI=1S/C18H20N2O5S2/c1-26-15-5-3-4-14(11-15)20(27(2,22)23)12-18(21)19-13-6-7-16-17(10-13)25-9-8-24-16/h3-7,10-11H,8-9,12H2,1-2H3,(H,19,21). The Labute approximate surface area is 162 Å². The van der Waals surface area contributed by atoms with Crippen molar-refractivity contribution in [1.29, 1.82) is 0 Å². The summed E-state index contributed by atoms with van der Waals surface area (Å²) in [6.45, 7) is 0.598. The van der Waals surface area contributed by atoms with Gasteiger partial charge in [-0.05, 0) is 36.6 Å². The van der Waals surface area contributed by atoms with Crippen LogP contribution in [0.1, 0.15) is 0 Å². The lowest BCUT2D eigenvalue weighted by atomic mass is 10.2. The molecule has 0 fully saturated rings. The van der Waals surface area contributed by atoms with Crippen molar-refractivity contribution < 1.29 is 22.7 Å². The van der Waals surface area contributed by atoms with Crippen molar-refractivity contribution in [2.24, 2.45) is 0 Å². The summed E-state index contributed by atoms with van der Waals surface area (Å²) in [6.07, 6.45) is 2.98. The Hall–Kier alpha value is -2.39. The molecule has 3 rings (SSSR count). The number of hydrogen-bond donors (Lipinski definition) is 1. The maximum atomic E-state index is 12.5. The zero-order valence-electron chi connectivity index (χ0n) is 15.0. The number of carbonyl (C=O) groups is 1. The smallest absolute Gasteiger partial charge is 0.245 e. The molecule has 0 radical (unpaired) electrons. The van der Waals surface area contributed by atoms with Crippen molar-refractivity contribution in [3.8, 4) is 11.5 Å². The fourth-order valence-corrected chi connectivity index (χ4v) is 3.92. The molecular weight excluding hydrogens is 388 g/mol. The van der Waals surface area contributed by atoms with E-state index in [1.165, 1.54) is 11.8 Å². The summed E-state index contributed by atoms with van der Waals surface area (Å²) < 4.78 is 36.4. The third-order valence-electron chi connectivity index (χ3n) is 3.85. The summed E-state index contributed by atoms with van der Waals surface area (Å²) in [6, 6.07) is 12.1. The molecule has 7 nitrogen and oxygen atoms in total. The number of benzene rings is 2. The van der Waals surface area contributed by atoms with Gasteiger partial charge in [0, 0.05) is 16.6 Å². The van der Waals surface area contributed by atoms with Crippen molar-refractivity contribution in [3.63, 3.8) is 0 Å². The molecule has 1 aliphatic rings. The third kappa shape index (κ3) is 4.86. The molecule has 0 spiro atoms. The van der Waals surface area contributed by atoms with Crippen LogP contribution in [-0.2, 0) is 14.8 Å². The molecule has 0 saturated carbocycles. The molecule has 0 aromatic heterocycles. The number of fused-ring (bicyclic) bond motifs is 1. The molecule has 1 amide bonds. The van der Waals surface area contributed by atoms with Crippen molar-refractivity contribution in [2.45, 2.75) is 4.90 Å². The van der Waals surface area contributed by atoms with Gasteiger partial charge in [0.25, 0.3) is 0 Å². The molecular formula is C18H20N2O5S2. The molecule has 0 atom stereocenters. The topological polar surface area (TPSA) is 84.9 Å². The lowest BCUT2D eigenvalue weighted by Gasteiger charge is -2.23. The van der Waals surface area contributed by atoms with Gasteiger partial charge in [0.05, 0.1) is 11.9 Å². The van der Waals surface area contributed by atoms with Crippen molar-refractivity contribution in [1.82, 2.24) is 0 Å². The summed E-state index contributed by atoms with van der Waals surface area (Å²) in [5, 5.41) is 2.71. The van der Waals surface area contributed by atoms with Gasteiger partial charge >= 0.3 is 0 Å². The number of anilines is 2. The van der Waals surface area contributed by atoms with Crippen LogP contribution in [0.4, 0.5) is 11.4 Å². The normalized spacial score (nSPS) is 13.1. The number of nitrogens with zero attached hydrogens (tertiary/aromatic N) is 1. The van der Waals surface area contributed by atoms with Crippen LogP contribution < -0.4 is 19.1 Å². The predicted molar refractivity (Wildman–Crippen MR) is 106 cm³/mol. The van der Waals surface area contributed by atoms with E-state index in [0.29, 0.717) is 36.1 Å². The van der Waals surface area contributed by atoms with Gasteiger partial charge < -0.3 is 14.8 Å². The summed E-state index contributed by atoms with van der Waals surface area (Å²) in [4.78, 5) is 13.4. The highest BCUT2D eigenvalue weighted by Gasteiger charge is 2.21. The number of nitrogens with one attached hydrogen (secondary N) is 1. The summed E-state index contributed by atoms with van der Waals surface area (Å²) >= 11 is 1.50. The van der Waals surface area contributed by atoms with Crippen LogP contribution in [0.15, 0.2) is 47.4 Å². The van der Waals surface area contributed by atoms with Crippen LogP contribution >= 0.6 is 11.8 Å². The van der Waals surface area contributed by atoms with E-state index in [1.54, 1.807) is 36.4 Å². The average molecular weight is 409 g/mol. The molecule has 0 unspecified atom stereocenters. The van der Waals surface area contributed by atoms with E-state index in [9.17, 15) is 13.2 Å². The molecule has 2 aromatic rings. The Kier molecular flexibility index (Phi) is 5.81. The van der Waals surface area contributed by atoms with Gasteiger partial charge in [0.2, 0.25) is 15.9 Å². The highest BCUT2D eigenvalue weighted by Crippen LogP contribution is 2.32. The van der Waals surface area contributed by atoms with Gasteiger partial charge in [-0.15, -0.1) is 11.8 Å². The Balaban J connectivity index is 1.77. The van der Waals surface area contributed by atoms with E-state index >= 15 is 0 Å². The minimum atomic E-state index is -3.63. The van der Waals surface area contributed by atoms with E-state index in [-0.39, 0.29) is 6.54 Å². The zero-order valence-corrected chi connectivity index (χ0v) is 16.6. The molecule has 0 bridgehead atoms. The minimum absolute atomic E-state index is 0.328. The zero-order chi connectivity index (χ0) is 19.4. The lowest BCUT2D eigenvalue weighted by molar-refractivity contribution is -0.114. The molecule has 144 valence electrons. The Morgan fingerprint density at radius 2 is 1.89 bits per heavy atom. The number of hydrogen-bond acceptors (Lipinski definition) is 6. The first-order valence-corrected chi connectivity index (χ1v) is 11.3. The Bertz CT molecular complexity index is 947. The number of ether oxygens (including phenoxy) is 2. The highest BCUT2D eigenvalue weighted by atomic mass is 32.2. The van der Waals surface area contributed by atoms with Gasteiger partial charge in [0.1, 0.15) is 19.8 Å². The van der Waals surface area contributed by atoms with E-state index in [4.69, 9.17) is 9.47 Å². The monoisotopic (exact) mass is 408 g/mol. The van der Waals surface area contributed by atoms with Crippen LogP contribution in [-0.4, -0.2) is 46.6 Å². The largest absolute Gasteiger partial charge is 0.486 e. The summed E-state index contributed by atoms with van der Waals surface area (Å²) in [5.74, 6) is 0.712. The fourth-order valence-electron chi connectivity index (χ4n) is 2.62. The average Bonchev–Trinajstić information content (AvgIpc) is 2.65. The van der Waals surface area contributed by atoms with Crippen LogP contribution in [0, 0.1) is 0 Å². The summed E-state index contributed by atoms with van der Waals surface area (Å²) in [5.41, 5.74) is 0.956. The van der Waals surface area contributed by atoms with E-state index in [1.807, 2.05) is 12.3 Å². The lowest BCUT2D eigenvalue weighted by Crippen LogP contribution is -2.37. The minimum Gasteiger partial charge on any atom is -0.486 e. The van der Waals surface area contributed by atoms with Gasteiger partial charge in [0.15, 0.2) is 11.5 Å². The van der Waals surface area contributed by atoms with E-state index < -0.39 is 15.9 Å². The third-order valence-corrected chi connectivity index (χ3v) is 5.72.